The third kappa shape index (κ3) is 4.57. The van der Waals surface area contributed by atoms with E-state index in [0.29, 0.717) is 12.3 Å². The van der Waals surface area contributed by atoms with E-state index in [1.54, 1.807) is 0 Å². The SMILES string of the molecule is CS(=O)(=O)CCNC(=O)CC1CNC1. The second kappa shape index (κ2) is 4.75. The molecule has 1 amide bonds. The minimum Gasteiger partial charge on any atom is -0.355 e. The Hall–Kier alpha value is -0.620. The van der Waals surface area contributed by atoms with E-state index < -0.39 is 9.84 Å². The summed E-state index contributed by atoms with van der Waals surface area (Å²) in [7, 11) is -2.97. The summed E-state index contributed by atoms with van der Waals surface area (Å²) < 4.78 is 21.5. The van der Waals surface area contributed by atoms with Crippen LogP contribution in [0.5, 0.6) is 0 Å². The van der Waals surface area contributed by atoms with Crippen molar-refractivity contribution in [2.75, 3.05) is 31.6 Å². The maximum atomic E-state index is 11.2. The Bertz CT molecular complexity index is 296. The predicted molar refractivity (Wildman–Crippen MR) is 53.7 cm³/mol. The Kier molecular flexibility index (Phi) is 3.88. The molecule has 6 heteroatoms. The van der Waals surface area contributed by atoms with Gasteiger partial charge in [-0.3, -0.25) is 4.79 Å². The van der Waals surface area contributed by atoms with Crippen LogP contribution in [0, 0.1) is 5.92 Å². The van der Waals surface area contributed by atoms with Gasteiger partial charge in [-0.2, -0.15) is 0 Å². The van der Waals surface area contributed by atoms with Gasteiger partial charge >= 0.3 is 0 Å². The molecule has 1 heterocycles. The van der Waals surface area contributed by atoms with Crippen LogP contribution < -0.4 is 10.6 Å². The van der Waals surface area contributed by atoms with E-state index in [1.165, 1.54) is 0 Å². The van der Waals surface area contributed by atoms with Gasteiger partial charge < -0.3 is 10.6 Å². The average molecular weight is 220 g/mol. The fourth-order valence-corrected chi connectivity index (χ4v) is 1.68. The molecule has 5 nitrogen and oxygen atoms in total. The first kappa shape index (κ1) is 11.5. The molecular formula is C8H16N2O3S. The Morgan fingerprint density at radius 1 is 1.50 bits per heavy atom. The molecule has 1 fully saturated rings. The van der Waals surface area contributed by atoms with E-state index >= 15 is 0 Å². The smallest absolute Gasteiger partial charge is 0.220 e. The molecule has 82 valence electrons. The highest BCUT2D eigenvalue weighted by Crippen LogP contribution is 2.07. The molecule has 0 aromatic rings. The summed E-state index contributed by atoms with van der Waals surface area (Å²) in [5.74, 6) is 0.384. The summed E-state index contributed by atoms with van der Waals surface area (Å²) in [5, 5.41) is 5.66. The number of hydrogen-bond acceptors (Lipinski definition) is 4. The zero-order chi connectivity index (χ0) is 10.6. The summed E-state index contributed by atoms with van der Waals surface area (Å²) >= 11 is 0. The van der Waals surface area contributed by atoms with Gasteiger partial charge in [-0.1, -0.05) is 0 Å². The second-order valence-electron chi connectivity index (χ2n) is 3.71. The first-order valence-electron chi connectivity index (χ1n) is 4.62. The van der Waals surface area contributed by atoms with E-state index in [9.17, 15) is 13.2 Å². The minimum atomic E-state index is -2.97. The molecule has 0 saturated carbocycles. The normalized spacial score (nSPS) is 17.5. The van der Waals surface area contributed by atoms with Gasteiger partial charge in [0.2, 0.25) is 5.91 Å². The number of carbonyl (C=O) groups is 1. The Labute approximate surface area is 84.2 Å². The number of hydrogen-bond donors (Lipinski definition) is 2. The highest BCUT2D eigenvalue weighted by Gasteiger charge is 2.19. The van der Waals surface area contributed by atoms with Gasteiger partial charge in [-0.05, 0) is 19.0 Å². The molecule has 14 heavy (non-hydrogen) atoms. The van der Waals surface area contributed by atoms with E-state index in [4.69, 9.17) is 0 Å². The summed E-state index contributed by atoms with van der Waals surface area (Å²) in [6.45, 7) is 2.00. The average Bonchev–Trinajstić information content (AvgIpc) is 1.94. The quantitative estimate of drug-likeness (QED) is 0.607. The zero-order valence-electron chi connectivity index (χ0n) is 8.25. The van der Waals surface area contributed by atoms with Gasteiger partial charge in [0, 0.05) is 19.2 Å². The molecule has 0 spiro atoms. The first-order chi connectivity index (χ1) is 6.47. The summed E-state index contributed by atoms with van der Waals surface area (Å²) in [5.41, 5.74) is 0. The molecule has 0 bridgehead atoms. The predicted octanol–water partition coefficient (Wildman–Crippen LogP) is -1.24. The van der Waals surface area contributed by atoms with Crippen molar-refractivity contribution in [1.29, 1.82) is 0 Å². The van der Waals surface area contributed by atoms with Crippen molar-refractivity contribution in [1.82, 2.24) is 10.6 Å². The molecule has 0 aromatic heterocycles. The van der Waals surface area contributed by atoms with E-state index in [0.717, 1.165) is 19.3 Å². The van der Waals surface area contributed by atoms with Crippen molar-refractivity contribution in [3.05, 3.63) is 0 Å². The molecule has 0 unspecified atom stereocenters. The van der Waals surface area contributed by atoms with Crippen molar-refractivity contribution in [2.45, 2.75) is 6.42 Å². The third-order valence-corrected chi connectivity index (χ3v) is 3.08. The van der Waals surface area contributed by atoms with Gasteiger partial charge in [0.05, 0.1) is 5.75 Å². The minimum absolute atomic E-state index is 0.0155. The molecule has 0 atom stereocenters. The largest absolute Gasteiger partial charge is 0.355 e. The lowest BCUT2D eigenvalue weighted by atomic mass is 9.99. The van der Waals surface area contributed by atoms with Crippen molar-refractivity contribution in [3.8, 4) is 0 Å². The molecule has 1 aliphatic heterocycles. The van der Waals surface area contributed by atoms with Crippen LogP contribution in [0.25, 0.3) is 0 Å². The highest BCUT2D eigenvalue weighted by molar-refractivity contribution is 7.90. The van der Waals surface area contributed by atoms with Crippen LogP contribution in [-0.2, 0) is 14.6 Å². The second-order valence-corrected chi connectivity index (χ2v) is 5.97. The fourth-order valence-electron chi connectivity index (χ4n) is 1.20. The molecule has 1 aliphatic rings. The molecule has 0 aromatic carbocycles. The van der Waals surface area contributed by atoms with E-state index in [-0.39, 0.29) is 18.2 Å². The van der Waals surface area contributed by atoms with Gasteiger partial charge in [-0.25, -0.2) is 8.42 Å². The first-order valence-corrected chi connectivity index (χ1v) is 6.68. The van der Waals surface area contributed by atoms with Gasteiger partial charge in [0.25, 0.3) is 0 Å². The lowest BCUT2D eigenvalue weighted by molar-refractivity contribution is -0.122. The highest BCUT2D eigenvalue weighted by atomic mass is 32.2. The van der Waals surface area contributed by atoms with Gasteiger partial charge in [-0.15, -0.1) is 0 Å². The topological polar surface area (TPSA) is 75.3 Å². The van der Waals surface area contributed by atoms with Crippen LogP contribution in [-0.4, -0.2) is 46.0 Å². The molecule has 1 saturated heterocycles. The van der Waals surface area contributed by atoms with Crippen molar-refractivity contribution in [2.24, 2.45) is 5.92 Å². The molecule has 0 aliphatic carbocycles. The van der Waals surface area contributed by atoms with E-state index in [2.05, 4.69) is 10.6 Å². The number of carbonyl (C=O) groups excluding carboxylic acids is 1. The van der Waals surface area contributed by atoms with Crippen LogP contribution in [0.3, 0.4) is 0 Å². The molecule has 0 radical (unpaired) electrons. The van der Waals surface area contributed by atoms with Gasteiger partial charge in [0.1, 0.15) is 9.84 Å². The molecular weight excluding hydrogens is 204 g/mol. The van der Waals surface area contributed by atoms with Gasteiger partial charge in [0.15, 0.2) is 0 Å². The number of sulfone groups is 1. The maximum Gasteiger partial charge on any atom is 0.220 e. The van der Waals surface area contributed by atoms with Crippen LogP contribution in [0.4, 0.5) is 0 Å². The number of nitrogens with one attached hydrogen (secondary N) is 2. The van der Waals surface area contributed by atoms with Crippen molar-refractivity contribution >= 4 is 15.7 Å². The number of amides is 1. The lowest BCUT2D eigenvalue weighted by Gasteiger charge is -2.26. The Morgan fingerprint density at radius 3 is 2.57 bits per heavy atom. The molecule has 2 N–H and O–H groups in total. The van der Waals surface area contributed by atoms with Crippen LogP contribution in [0.2, 0.25) is 0 Å². The molecule has 1 rings (SSSR count). The van der Waals surface area contributed by atoms with Crippen molar-refractivity contribution < 1.29 is 13.2 Å². The summed E-state index contributed by atoms with van der Waals surface area (Å²) in [6, 6.07) is 0. The third-order valence-electron chi connectivity index (χ3n) is 2.14. The number of rotatable bonds is 5. The Morgan fingerprint density at radius 2 is 2.14 bits per heavy atom. The zero-order valence-corrected chi connectivity index (χ0v) is 9.06. The van der Waals surface area contributed by atoms with E-state index in [1.807, 2.05) is 0 Å². The maximum absolute atomic E-state index is 11.2. The fraction of sp³-hybridized carbons (Fsp3) is 0.875. The standard InChI is InChI=1S/C8H16N2O3S/c1-14(12,13)3-2-10-8(11)4-7-5-9-6-7/h7,9H,2-6H2,1H3,(H,10,11). The lowest BCUT2D eigenvalue weighted by Crippen LogP contribution is -2.44. The van der Waals surface area contributed by atoms with Crippen LogP contribution in [0.15, 0.2) is 0 Å². The van der Waals surface area contributed by atoms with Crippen LogP contribution in [0.1, 0.15) is 6.42 Å². The summed E-state index contributed by atoms with van der Waals surface area (Å²) in [4.78, 5) is 11.2. The van der Waals surface area contributed by atoms with Crippen LogP contribution >= 0.6 is 0 Å². The van der Waals surface area contributed by atoms with Crippen molar-refractivity contribution in [3.63, 3.8) is 0 Å². The Balaban J connectivity index is 2.08. The monoisotopic (exact) mass is 220 g/mol. The summed E-state index contributed by atoms with van der Waals surface area (Å²) in [6.07, 6.45) is 1.66.